The smallest absolute Gasteiger partial charge is 0.250 e. The molecule has 1 heterocycles. The van der Waals surface area contributed by atoms with Crippen molar-refractivity contribution in [3.8, 4) is 0 Å². The number of sulfonamides is 1. The Morgan fingerprint density at radius 3 is 2.62 bits per heavy atom. The van der Waals surface area contributed by atoms with Gasteiger partial charge in [-0.1, -0.05) is 24.4 Å². The predicted molar refractivity (Wildman–Crippen MR) is 85.4 cm³/mol. The van der Waals surface area contributed by atoms with E-state index in [1.54, 1.807) is 6.07 Å². The Morgan fingerprint density at radius 2 is 2.10 bits per heavy atom. The van der Waals surface area contributed by atoms with E-state index in [0.29, 0.717) is 10.4 Å². The minimum atomic E-state index is -3.65. The standard InChI is InChI=1S/C13H21ClN2O3S2/c1-9(15-10-4-2-3-5-10)11(8-17)16-21(18,19)13-7-6-12(14)20-13/h6-7,9-11,15-17H,2-5,8H2,1H3/t9?,11-/m0/s1. The molecule has 21 heavy (non-hydrogen) atoms. The van der Waals surface area contributed by atoms with Gasteiger partial charge in [-0.05, 0) is 31.9 Å². The van der Waals surface area contributed by atoms with Crippen molar-refractivity contribution < 1.29 is 13.5 Å². The van der Waals surface area contributed by atoms with Crippen molar-refractivity contribution in [2.45, 2.75) is 54.9 Å². The van der Waals surface area contributed by atoms with Gasteiger partial charge >= 0.3 is 0 Å². The molecule has 0 amide bonds. The van der Waals surface area contributed by atoms with Crippen LogP contribution < -0.4 is 10.0 Å². The third kappa shape index (κ3) is 4.64. The van der Waals surface area contributed by atoms with E-state index in [1.165, 1.54) is 18.9 Å². The van der Waals surface area contributed by atoms with Crippen LogP contribution in [0.15, 0.2) is 16.3 Å². The van der Waals surface area contributed by atoms with Crippen LogP contribution in [0.25, 0.3) is 0 Å². The highest BCUT2D eigenvalue weighted by molar-refractivity contribution is 7.91. The van der Waals surface area contributed by atoms with E-state index >= 15 is 0 Å². The molecule has 1 fully saturated rings. The molecule has 0 saturated heterocycles. The van der Waals surface area contributed by atoms with E-state index in [1.807, 2.05) is 6.92 Å². The Morgan fingerprint density at radius 1 is 1.43 bits per heavy atom. The van der Waals surface area contributed by atoms with Gasteiger partial charge in [0.05, 0.1) is 17.0 Å². The molecular weight excluding hydrogens is 332 g/mol. The summed E-state index contributed by atoms with van der Waals surface area (Å²) in [4.78, 5) is 0. The van der Waals surface area contributed by atoms with Crippen LogP contribution >= 0.6 is 22.9 Å². The number of hydrogen-bond acceptors (Lipinski definition) is 5. The highest BCUT2D eigenvalue weighted by Crippen LogP contribution is 2.25. The van der Waals surface area contributed by atoms with Crippen molar-refractivity contribution in [1.82, 2.24) is 10.0 Å². The van der Waals surface area contributed by atoms with Crippen LogP contribution in [0.1, 0.15) is 32.6 Å². The van der Waals surface area contributed by atoms with Crippen molar-refractivity contribution >= 4 is 33.0 Å². The van der Waals surface area contributed by atoms with Crippen molar-refractivity contribution in [3.63, 3.8) is 0 Å². The minimum Gasteiger partial charge on any atom is -0.395 e. The highest BCUT2D eigenvalue weighted by atomic mass is 35.5. The SMILES string of the molecule is CC(NC1CCCC1)[C@H](CO)NS(=O)(=O)c1ccc(Cl)s1. The van der Waals surface area contributed by atoms with Crippen molar-refractivity contribution in [3.05, 3.63) is 16.5 Å². The molecule has 120 valence electrons. The first kappa shape index (κ1) is 17.2. The van der Waals surface area contributed by atoms with Gasteiger partial charge in [0.25, 0.3) is 0 Å². The lowest BCUT2D eigenvalue weighted by Gasteiger charge is -2.26. The summed E-state index contributed by atoms with van der Waals surface area (Å²) in [6.07, 6.45) is 4.62. The zero-order valence-corrected chi connectivity index (χ0v) is 14.3. The summed E-state index contributed by atoms with van der Waals surface area (Å²) in [5.74, 6) is 0. The van der Waals surface area contributed by atoms with Crippen LogP contribution in [-0.4, -0.2) is 38.3 Å². The summed E-state index contributed by atoms with van der Waals surface area (Å²) in [7, 11) is -3.65. The number of rotatable bonds is 7. The van der Waals surface area contributed by atoms with E-state index in [9.17, 15) is 13.5 Å². The predicted octanol–water partition coefficient (Wildman–Crippen LogP) is 1.96. The van der Waals surface area contributed by atoms with Gasteiger partial charge in [-0.25, -0.2) is 13.1 Å². The number of nitrogens with one attached hydrogen (secondary N) is 2. The van der Waals surface area contributed by atoms with Crippen molar-refractivity contribution in [1.29, 1.82) is 0 Å². The molecule has 0 aliphatic heterocycles. The Balaban J connectivity index is 2.00. The van der Waals surface area contributed by atoms with E-state index in [2.05, 4.69) is 10.0 Å². The molecule has 8 heteroatoms. The van der Waals surface area contributed by atoms with Crippen molar-refractivity contribution in [2.24, 2.45) is 0 Å². The van der Waals surface area contributed by atoms with Crippen LogP contribution in [0.4, 0.5) is 0 Å². The third-order valence-corrected chi connectivity index (χ3v) is 6.99. The van der Waals surface area contributed by atoms with E-state index in [0.717, 1.165) is 24.2 Å². The second-order valence-electron chi connectivity index (χ2n) is 5.41. The maximum atomic E-state index is 12.3. The quantitative estimate of drug-likeness (QED) is 0.701. The minimum absolute atomic E-state index is 0.136. The van der Waals surface area contributed by atoms with Gasteiger partial charge in [0.15, 0.2) is 0 Å². The monoisotopic (exact) mass is 352 g/mol. The molecule has 0 aromatic carbocycles. The molecule has 1 unspecified atom stereocenters. The highest BCUT2D eigenvalue weighted by Gasteiger charge is 2.27. The first-order valence-electron chi connectivity index (χ1n) is 7.07. The third-order valence-electron chi connectivity index (χ3n) is 3.77. The van der Waals surface area contributed by atoms with Gasteiger partial charge in [0, 0.05) is 12.1 Å². The number of hydrogen-bond donors (Lipinski definition) is 3. The second-order valence-corrected chi connectivity index (χ2v) is 9.06. The molecule has 0 spiro atoms. The fourth-order valence-corrected chi connectivity index (χ4v) is 5.38. The first-order valence-corrected chi connectivity index (χ1v) is 9.74. The second kappa shape index (κ2) is 7.39. The lowest BCUT2D eigenvalue weighted by molar-refractivity contribution is 0.224. The Hall–Kier alpha value is -0.180. The zero-order chi connectivity index (χ0) is 15.5. The fourth-order valence-electron chi connectivity index (χ4n) is 2.58. The summed E-state index contributed by atoms with van der Waals surface area (Å²) < 4.78 is 27.7. The van der Waals surface area contributed by atoms with E-state index < -0.39 is 16.1 Å². The largest absolute Gasteiger partial charge is 0.395 e. The topological polar surface area (TPSA) is 78.4 Å². The molecule has 5 nitrogen and oxygen atoms in total. The number of aliphatic hydroxyl groups excluding tert-OH is 1. The van der Waals surface area contributed by atoms with E-state index in [4.69, 9.17) is 11.6 Å². The van der Waals surface area contributed by atoms with Crippen LogP contribution in [0.2, 0.25) is 4.34 Å². The Kier molecular flexibility index (Phi) is 6.05. The summed E-state index contributed by atoms with van der Waals surface area (Å²) >= 11 is 6.78. The maximum Gasteiger partial charge on any atom is 0.250 e. The van der Waals surface area contributed by atoms with Crippen LogP contribution in [0, 0.1) is 0 Å². The lowest BCUT2D eigenvalue weighted by atomic mass is 10.1. The molecule has 3 N–H and O–H groups in total. The lowest BCUT2D eigenvalue weighted by Crippen LogP contribution is -2.52. The molecule has 1 saturated carbocycles. The number of thiophene rings is 1. The van der Waals surface area contributed by atoms with Crippen molar-refractivity contribution in [2.75, 3.05) is 6.61 Å². The fraction of sp³-hybridized carbons (Fsp3) is 0.692. The van der Waals surface area contributed by atoms with Gasteiger partial charge in [0.2, 0.25) is 10.0 Å². The molecule has 0 radical (unpaired) electrons. The summed E-state index contributed by atoms with van der Waals surface area (Å²) in [6.45, 7) is 1.64. The average Bonchev–Trinajstić information content (AvgIpc) is 3.07. The van der Waals surface area contributed by atoms with Gasteiger partial charge in [0.1, 0.15) is 4.21 Å². The van der Waals surface area contributed by atoms with E-state index in [-0.39, 0.29) is 16.9 Å². The zero-order valence-electron chi connectivity index (χ0n) is 11.9. The Bertz CT molecular complexity index is 556. The van der Waals surface area contributed by atoms with Crippen LogP contribution in [0.3, 0.4) is 0 Å². The first-order chi connectivity index (χ1) is 9.92. The van der Waals surface area contributed by atoms with Gasteiger partial charge < -0.3 is 10.4 Å². The molecule has 1 aliphatic rings. The number of halogens is 1. The van der Waals surface area contributed by atoms with Gasteiger partial charge in [-0.3, -0.25) is 0 Å². The molecule has 0 bridgehead atoms. The number of aliphatic hydroxyl groups is 1. The molecule has 1 aliphatic carbocycles. The van der Waals surface area contributed by atoms with Gasteiger partial charge in [-0.15, -0.1) is 11.3 Å². The van der Waals surface area contributed by atoms with Gasteiger partial charge in [-0.2, -0.15) is 0 Å². The maximum absolute atomic E-state index is 12.3. The van der Waals surface area contributed by atoms with Crippen LogP contribution in [-0.2, 0) is 10.0 Å². The normalized spacial score (nSPS) is 19.8. The summed E-state index contributed by atoms with van der Waals surface area (Å²) in [5.41, 5.74) is 0. The Labute approximate surface area is 134 Å². The molecule has 2 atom stereocenters. The molecule has 1 aromatic heterocycles. The average molecular weight is 353 g/mol. The van der Waals surface area contributed by atoms with Crippen LogP contribution in [0.5, 0.6) is 0 Å². The summed E-state index contributed by atoms with van der Waals surface area (Å²) in [6, 6.07) is 2.74. The molecule has 2 rings (SSSR count). The molecular formula is C13H21ClN2O3S2. The summed E-state index contributed by atoms with van der Waals surface area (Å²) in [5, 5.41) is 12.9. The molecule has 1 aromatic rings.